The van der Waals surface area contributed by atoms with Crippen LogP contribution in [0, 0.1) is 27.7 Å². The number of ether oxygens (including phenoxy) is 1. The fourth-order valence-electron chi connectivity index (χ4n) is 3.26. The second kappa shape index (κ2) is 8.30. The van der Waals surface area contributed by atoms with Crippen LogP contribution in [0.4, 0.5) is 0 Å². The molecule has 0 saturated heterocycles. The molecule has 5 nitrogen and oxygen atoms in total. The molecule has 3 aromatic rings. The maximum atomic E-state index is 12.8. The minimum Gasteiger partial charge on any atom is -0.488 e. The lowest BCUT2D eigenvalue weighted by atomic mass is 10.00. The third-order valence-corrected chi connectivity index (χ3v) is 4.90. The number of aromatic nitrogens is 1. The maximum Gasteiger partial charge on any atom is 0.274 e. The number of aryl methyl sites for hydroxylation is 4. The summed E-state index contributed by atoms with van der Waals surface area (Å²) >= 11 is 0. The number of rotatable bonds is 6. The van der Waals surface area contributed by atoms with Crippen LogP contribution in [-0.2, 0) is 6.61 Å². The van der Waals surface area contributed by atoms with Gasteiger partial charge in [0.1, 0.15) is 18.1 Å². The van der Waals surface area contributed by atoms with Gasteiger partial charge in [0.2, 0.25) is 0 Å². The van der Waals surface area contributed by atoms with Gasteiger partial charge in [-0.1, -0.05) is 47.1 Å². The van der Waals surface area contributed by atoms with E-state index >= 15 is 0 Å². The zero-order valence-electron chi connectivity index (χ0n) is 17.0. The maximum absolute atomic E-state index is 12.8. The topological polar surface area (TPSA) is 64.4 Å². The minimum atomic E-state index is -0.271. The van der Waals surface area contributed by atoms with Gasteiger partial charge in [-0.05, 0) is 57.4 Å². The van der Waals surface area contributed by atoms with Gasteiger partial charge in [0, 0.05) is 0 Å². The van der Waals surface area contributed by atoms with E-state index in [1.165, 1.54) is 5.56 Å². The van der Waals surface area contributed by atoms with Gasteiger partial charge in [-0.3, -0.25) is 4.79 Å². The Morgan fingerprint density at radius 1 is 1.11 bits per heavy atom. The number of amides is 1. The number of para-hydroxylation sites is 1. The summed E-state index contributed by atoms with van der Waals surface area (Å²) in [5, 5.41) is 6.99. The lowest BCUT2D eigenvalue weighted by Gasteiger charge is -2.17. The molecule has 0 aliphatic carbocycles. The molecule has 1 N–H and O–H groups in total. The van der Waals surface area contributed by atoms with Crippen molar-refractivity contribution in [3.05, 3.63) is 81.7 Å². The molecule has 0 spiro atoms. The van der Waals surface area contributed by atoms with Gasteiger partial charge in [-0.15, -0.1) is 0 Å². The number of hydrogen-bond acceptors (Lipinski definition) is 4. The van der Waals surface area contributed by atoms with Crippen molar-refractivity contribution in [3.63, 3.8) is 0 Å². The Bertz CT molecular complexity index is 991. The molecule has 1 aromatic heterocycles. The normalized spacial score (nSPS) is 11.9. The molecule has 28 heavy (non-hydrogen) atoms. The van der Waals surface area contributed by atoms with Crippen molar-refractivity contribution in [3.8, 4) is 5.75 Å². The largest absolute Gasteiger partial charge is 0.488 e. The van der Waals surface area contributed by atoms with Gasteiger partial charge < -0.3 is 14.6 Å². The molecule has 1 unspecified atom stereocenters. The Morgan fingerprint density at radius 3 is 2.57 bits per heavy atom. The Labute approximate surface area is 165 Å². The lowest BCUT2D eigenvalue weighted by Crippen LogP contribution is -2.28. The van der Waals surface area contributed by atoms with E-state index in [-0.39, 0.29) is 24.2 Å². The fourth-order valence-corrected chi connectivity index (χ4v) is 3.26. The van der Waals surface area contributed by atoms with Crippen LogP contribution in [0.3, 0.4) is 0 Å². The van der Waals surface area contributed by atoms with E-state index in [2.05, 4.69) is 23.5 Å². The number of benzene rings is 2. The zero-order valence-corrected chi connectivity index (χ0v) is 17.0. The summed E-state index contributed by atoms with van der Waals surface area (Å²) in [6, 6.07) is 13.8. The standard InChI is InChI=1S/C23H26N2O3/c1-14-10-11-19(16(3)12-14)17(4)24-23(26)22-20(18(5)28-25-22)13-27-21-9-7-6-8-15(21)2/h6-12,17H,13H2,1-5H3,(H,24,26). The van der Waals surface area contributed by atoms with Crippen molar-refractivity contribution < 1.29 is 14.1 Å². The van der Waals surface area contributed by atoms with E-state index in [1.54, 1.807) is 6.92 Å². The average molecular weight is 378 g/mol. The molecule has 0 aliphatic heterocycles. The predicted octanol–water partition coefficient (Wildman–Crippen LogP) is 4.98. The summed E-state index contributed by atoms with van der Waals surface area (Å²) in [5.74, 6) is 1.09. The van der Waals surface area contributed by atoms with Crippen molar-refractivity contribution in [1.82, 2.24) is 10.5 Å². The van der Waals surface area contributed by atoms with Crippen LogP contribution >= 0.6 is 0 Å². The minimum absolute atomic E-state index is 0.143. The quantitative estimate of drug-likeness (QED) is 0.657. The molecule has 1 atom stereocenters. The van der Waals surface area contributed by atoms with Gasteiger partial charge in [-0.25, -0.2) is 0 Å². The first-order valence-electron chi connectivity index (χ1n) is 9.38. The Balaban J connectivity index is 1.74. The second-order valence-electron chi connectivity index (χ2n) is 7.18. The van der Waals surface area contributed by atoms with Crippen molar-refractivity contribution in [1.29, 1.82) is 0 Å². The highest BCUT2D eigenvalue weighted by atomic mass is 16.5. The van der Waals surface area contributed by atoms with E-state index in [0.717, 1.165) is 22.4 Å². The first kappa shape index (κ1) is 19.7. The predicted molar refractivity (Wildman–Crippen MR) is 109 cm³/mol. The molecule has 0 bridgehead atoms. The third kappa shape index (κ3) is 4.25. The molecule has 5 heteroatoms. The molecule has 0 radical (unpaired) electrons. The first-order chi connectivity index (χ1) is 13.4. The molecule has 1 amide bonds. The van der Waals surface area contributed by atoms with Crippen molar-refractivity contribution in [2.24, 2.45) is 0 Å². The monoisotopic (exact) mass is 378 g/mol. The summed E-state index contributed by atoms with van der Waals surface area (Å²) in [4.78, 5) is 12.8. The Kier molecular flexibility index (Phi) is 5.83. The van der Waals surface area contributed by atoms with Gasteiger partial charge in [0.05, 0.1) is 11.6 Å². The number of carbonyl (C=O) groups is 1. The molecule has 0 aliphatic rings. The molecule has 0 fully saturated rings. The fraction of sp³-hybridized carbons (Fsp3) is 0.304. The van der Waals surface area contributed by atoms with Crippen LogP contribution < -0.4 is 10.1 Å². The second-order valence-corrected chi connectivity index (χ2v) is 7.18. The summed E-state index contributed by atoms with van der Waals surface area (Å²) in [5.41, 5.74) is 5.38. The van der Waals surface area contributed by atoms with Gasteiger partial charge in [0.15, 0.2) is 5.69 Å². The molecule has 1 heterocycles. The van der Waals surface area contributed by atoms with E-state index in [9.17, 15) is 4.79 Å². The smallest absolute Gasteiger partial charge is 0.274 e. The summed E-state index contributed by atoms with van der Waals surface area (Å²) in [6.07, 6.45) is 0. The first-order valence-corrected chi connectivity index (χ1v) is 9.38. The number of nitrogens with zero attached hydrogens (tertiary/aromatic N) is 1. The van der Waals surface area contributed by atoms with Gasteiger partial charge >= 0.3 is 0 Å². The van der Waals surface area contributed by atoms with Crippen LogP contribution in [0.2, 0.25) is 0 Å². The molecule has 146 valence electrons. The van der Waals surface area contributed by atoms with Gasteiger partial charge in [-0.2, -0.15) is 0 Å². The molecule has 2 aromatic carbocycles. The van der Waals surface area contributed by atoms with E-state index in [4.69, 9.17) is 9.26 Å². The van der Waals surface area contributed by atoms with Gasteiger partial charge in [0.25, 0.3) is 5.91 Å². The van der Waals surface area contributed by atoms with Crippen LogP contribution in [0.1, 0.15) is 57.0 Å². The van der Waals surface area contributed by atoms with Crippen LogP contribution in [0.5, 0.6) is 5.75 Å². The summed E-state index contributed by atoms with van der Waals surface area (Å²) in [6.45, 7) is 10.1. The zero-order chi connectivity index (χ0) is 20.3. The molecule has 3 rings (SSSR count). The highest BCUT2D eigenvalue weighted by Gasteiger charge is 2.22. The Morgan fingerprint density at radius 2 is 1.86 bits per heavy atom. The summed E-state index contributed by atoms with van der Waals surface area (Å²) < 4.78 is 11.2. The number of hydrogen-bond donors (Lipinski definition) is 1. The molecule has 0 saturated carbocycles. The van der Waals surface area contributed by atoms with Crippen LogP contribution in [0.15, 0.2) is 47.0 Å². The SMILES string of the molecule is Cc1ccc(C(C)NC(=O)c2noc(C)c2COc2ccccc2C)c(C)c1. The summed E-state index contributed by atoms with van der Waals surface area (Å²) in [7, 11) is 0. The van der Waals surface area contributed by atoms with E-state index < -0.39 is 0 Å². The highest BCUT2D eigenvalue weighted by Crippen LogP contribution is 2.22. The lowest BCUT2D eigenvalue weighted by molar-refractivity contribution is 0.0928. The van der Waals surface area contributed by atoms with Crippen molar-refractivity contribution >= 4 is 5.91 Å². The van der Waals surface area contributed by atoms with Crippen molar-refractivity contribution in [2.45, 2.75) is 47.3 Å². The number of nitrogens with one attached hydrogen (secondary N) is 1. The number of carbonyl (C=O) groups excluding carboxylic acids is 1. The van der Waals surface area contributed by atoms with E-state index in [0.29, 0.717) is 11.3 Å². The highest BCUT2D eigenvalue weighted by molar-refractivity contribution is 5.94. The van der Waals surface area contributed by atoms with Crippen LogP contribution in [0.25, 0.3) is 0 Å². The average Bonchev–Trinajstić information content (AvgIpc) is 3.01. The molecular weight excluding hydrogens is 352 g/mol. The third-order valence-electron chi connectivity index (χ3n) is 4.90. The van der Waals surface area contributed by atoms with Crippen molar-refractivity contribution in [2.75, 3.05) is 0 Å². The molecular formula is C23H26N2O3. The Hall–Kier alpha value is -3.08. The van der Waals surface area contributed by atoms with Crippen LogP contribution in [-0.4, -0.2) is 11.1 Å². The van der Waals surface area contributed by atoms with E-state index in [1.807, 2.05) is 57.2 Å².